The normalized spacial score (nSPS) is 19.6. The zero-order valence-corrected chi connectivity index (χ0v) is 11.0. The number of carbonyl (C=O) groups is 1. The van der Waals surface area contributed by atoms with Crippen LogP contribution in [0.5, 0.6) is 0 Å². The lowest BCUT2D eigenvalue weighted by atomic mass is 9.96. The predicted molar refractivity (Wildman–Crippen MR) is 62.2 cm³/mol. The van der Waals surface area contributed by atoms with Gasteiger partial charge >= 0.3 is 12.3 Å². The van der Waals surface area contributed by atoms with Crippen molar-refractivity contribution in [3.63, 3.8) is 0 Å². The molecule has 1 fully saturated rings. The second-order valence-electron chi connectivity index (χ2n) is 4.28. The van der Waals surface area contributed by atoms with Crippen molar-refractivity contribution in [3.8, 4) is 0 Å². The highest BCUT2D eigenvalue weighted by molar-refractivity contribution is 7.99. The minimum atomic E-state index is -4.68. The third kappa shape index (κ3) is 7.10. The molecule has 1 heterocycles. The molecule has 1 aliphatic rings. The fourth-order valence-electron chi connectivity index (χ4n) is 1.93. The molecule has 0 aliphatic carbocycles. The number of ether oxygens (including phenoxy) is 2. The van der Waals surface area contributed by atoms with Crippen molar-refractivity contribution < 1.29 is 27.4 Å². The van der Waals surface area contributed by atoms with E-state index in [2.05, 4.69) is 4.74 Å². The molecule has 3 nitrogen and oxygen atoms in total. The second-order valence-corrected chi connectivity index (χ2v) is 5.50. The number of hydrogen-bond donors (Lipinski definition) is 0. The minimum absolute atomic E-state index is 0.312. The van der Waals surface area contributed by atoms with Crippen LogP contribution in [0.15, 0.2) is 0 Å². The van der Waals surface area contributed by atoms with E-state index in [4.69, 9.17) is 4.74 Å². The van der Waals surface area contributed by atoms with Gasteiger partial charge in [-0.05, 0) is 36.7 Å². The molecule has 7 heteroatoms. The fraction of sp³-hybridized carbons (Fsp3) is 0.909. The highest BCUT2D eigenvalue weighted by Crippen LogP contribution is 2.28. The summed E-state index contributed by atoms with van der Waals surface area (Å²) in [6.07, 6.45) is -3.14. The highest BCUT2D eigenvalue weighted by Gasteiger charge is 2.32. The van der Waals surface area contributed by atoms with E-state index in [1.807, 2.05) is 11.8 Å². The van der Waals surface area contributed by atoms with E-state index in [9.17, 15) is 18.0 Å². The van der Waals surface area contributed by atoms with Gasteiger partial charge in [0.05, 0.1) is 6.61 Å². The lowest BCUT2D eigenvalue weighted by Crippen LogP contribution is -2.30. The Morgan fingerprint density at radius 1 is 1.39 bits per heavy atom. The number of carbonyl (C=O) groups excluding carboxylic acids is 1. The summed E-state index contributed by atoms with van der Waals surface area (Å²) in [4.78, 5) is 10.9. The molecule has 1 saturated heterocycles. The average Bonchev–Trinajstić information content (AvgIpc) is 2.25. The lowest BCUT2D eigenvalue weighted by molar-refractivity contribution is -0.331. The number of alkyl halides is 3. The van der Waals surface area contributed by atoms with Crippen LogP contribution < -0.4 is 0 Å². The molecule has 106 valence electrons. The molecule has 0 radical (unpaired) electrons. The Labute approximate surface area is 108 Å². The Balaban J connectivity index is 2.41. The van der Waals surface area contributed by atoms with Gasteiger partial charge in [0.1, 0.15) is 6.10 Å². The first-order valence-electron chi connectivity index (χ1n) is 5.82. The Morgan fingerprint density at radius 3 is 2.50 bits per heavy atom. The van der Waals surface area contributed by atoms with Crippen LogP contribution in [0, 0.1) is 5.92 Å². The SMILES string of the molecule is CC(=O)OC(COC(F)(F)F)CC1CCSCC1. The van der Waals surface area contributed by atoms with Gasteiger partial charge in [-0.25, -0.2) is 0 Å². The molecule has 0 saturated carbocycles. The van der Waals surface area contributed by atoms with Crippen LogP contribution in [0.1, 0.15) is 26.2 Å². The molecule has 0 amide bonds. The second kappa shape index (κ2) is 7.23. The number of esters is 1. The van der Waals surface area contributed by atoms with Gasteiger partial charge < -0.3 is 4.74 Å². The summed E-state index contributed by atoms with van der Waals surface area (Å²) in [5.41, 5.74) is 0. The van der Waals surface area contributed by atoms with E-state index in [0.717, 1.165) is 24.3 Å². The summed E-state index contributed by atoms with van der Waals surface area (Å²) in [5.74, 6) is 1.76. The first kappa shape index (κ1) is 15.6. The van der Waals surface area contributed by atoms with E-state index >= 15 is 0 Å². The van der Waals surface area contributed by atoms with Crippen LogP contribution in [-0.2, 0) is 14.3 Å². The quantitative estimate of drug-likeness (QED) is 0.728. The summed E-state index contributed by atoms with van der Waals surface area (Å²) in [5, 5.41) is 0. The van der Waals surface area contributed by atoms with Gasteiger partial charge in [0.25, 0.3) is 0 Å². The molecule has 1 aliphatic heterocycles. The number of rotatable bonds is 5. The Kier molecular flexibility index (Phi) is 6.28. The third-order valence-electron chi connectivity index (χ3n) is 2.70. The molecule has 0 aromatic heterocycles. The maximum absolute atomic E-state index is 12.0. The molecule has 0 bridgehead atoms. The predicted octanol–water partition coefficient (Wildman–Crippen LogP) is 2.99. The van der Waals surface area contributed by atoms with Crippen molar-refractivity contribution in [2.24, 2.45) is 5.92 Å². The lowest BCUT2D eigenvalue weighted by Gasteiger charge is -2.26. The smallest absolute Gasteiger partial charge is 0.460 e. The molecular formula is C11H17F3O3S. The monoisotopic (exact) mass is 286 g/mol. The van der Waals surface area contributed by atoms with Gasteiger partial charge in [0.15, 0.2) is 0 Å². The highest BCUT2D eigenvalue weighted by atomic mass is 32.2. The molecule has 1 rings (SSSR count). The van der Waals surface area contributed by atoms with E-state index in [1.54, 1.807) is 0 Å². The Bertz CT molecular complexity index is 265. The average molecular weight is 286 g/mol. The van der Waals surface area contributed by atoms with Crippen molar-refractivity contribution in [3.05, 3.63) is 0 Å². The molecule has 1 atom stereocenters. The number of halogens is 3. The number of thioether (sulfide) groups is 1. The first-order valence-corrected chi connectivity index (χ1v) is 6.98. The summed E-state index contributed by atoms with van der Waals surface area (Å²) in [6, 6.07) is 0. The van der Waals surface area contributed by atoms with Crippen molar-refractivity contribution in [1.82, 2.24) is 0 Å². The molecular weight excluding hydrogens is 269 g/mol. The van der Waals surface area contributed by atoms with Crippen LogP contribution >= 0.6 is 11.8 Å². The van der Waals surface area contributed by atoms with Gasteiger partial charge in [-0.2, -0.15) is 11.8 Å². The van der Waals surface area contributed by atoms with Crippen LogP contribution in [0.2, 0.25) is 0 Å². The maximum atomic E-state index is 12.0. The van der Waals surface area contributed by atoms with Crippen LogP contribution in [-0.4, -0.2) is 36.5 Å². The van der Waals surface area contributed by atoms with E-state index in [1.165, 1.54) is 6.92 Å². The zero-order valence-electron chi connectivity index (χ0n) is 10.2. The standard InChI is InChI=1S/C11H17F3O3S/c1-8(15)17-10(7-16-11(12,13)14)6-9-2-4-18-5-3-9/h9-10H,2-7H2,1H3. The number of hydrogen-bond acceptors (Lipinski definition) is 4. The van der Waals surface area contributed by atoms with Gasteiger partial charge in [-0.3, -0.25) is 9.53 Å². The topological polar surface area (TPSA) is 35.5 Å². The van der Waals surface area contributed by atoms with Crippen LogP contribution in [0.25, 0.3) is 0 Å². The fourth-order valence-corrected chi connectivity index (χ4v) is 3.13. The molecule has 1 unspecified atom stereocenters. The third-order valence-corrected chi connectivity index (χ3v) is 3.75. The van der Waals surface area contributed by atoms with Gasteiger partial charge in [0, 0.05) is 6.92 Å². The molecule has 18 heavy (non-hydrogen) atoms. The van der Waals surface area contributed by atoms with Gasteiger partial charge in [-0.1, -0.05) is 0 Å². The van der Waals surface area contributed by atoms with Crippen molar-refractivity contribution in [2.75, 3.05) is 18.1 Å². The van der Waals surface area contributed by atoms with Gasteiger partial charge in [0.2, 0.25) is 0 Å². The molecule has 0 aromatic rings. The maximum Gasteiger partial charge on any atom is 0.522 e. The Morgan fingerprint density at radius 2 is 2.00 bits per heavy atom. The minimum Gasteiger partial charge on any atom is -0.460 e. The zero-order chi connectivity index (χ0) is 13.6. The molecule has 0 aromatic carbocycles. The summed E-state index contributed by atoms with van der Waals surface area (Å²) < 4.78 is 44.5. The van der Waals surface area contributed by atoms with Gasteiger partial charge in [-0.15, -0.1) is 13.2 Å². The van der Waals surface area contributed by atoms with Crippen LogP contribution in [0.3, 0.4) is 0 Å². The van der Waals surface area contributed by atoms with Crippen molar-refractivity contribution >= 4 is 17.7 Å². The van der Waals surface area contributed by atoms with E-state index < -0.39 is 25.0 Å². The Hall–Kier alpha value is -0.430. The summed E-state index contributed by atoms with van der Waals surface area (Å²) in [6.45, 7) is 0.573. The van der Waals surface area contributed by atoms with Crippen LogP contribution in [0.4, 0.5) is 13.2 Å². The largest absolute Gasteiger partial charge is 0.522 e. The first-order chi connectivity index (χ1) is 8.37. The molecule has 0 N–H and O–H groups in total. The summed E-state index contributed by atoms with van der Waals surface area (Å²) in [7, 11) is 0. The van der Waals surface area contributed by atoms with E-state index in [0.29, 0.717) is 12.3 Å². The summed E-state index contributed by atoms with van der Waals surface area (Å²) >= 11 is 1.84. The van der Waals surface area contributed by atoms with Crippen molar-refractivity contribution in [2.45, 2.75) is 38.7 Å². The van der Waals surface area contributed by atoms with E-state index in [-0.39, 0.29) is 0 Å². The van der Waals surface area contributed by atoms with Crippen molar-refractivity contribution in [1.29, 1.82) is 0 Å². The molecule has 0 spiro atoms.